The van der Waals surface area contributed by atoms with Gasteiger partial charge in [-0.25, -0.2) is 4.39 Å². The summed E-state index contributed by atoms with van der Waals surface area (Å²) >= 11 is 1.60. The van der Waals surface area contributed by atoms with Crippen LogP contribution in [0.4, 0.5) is 10.1 Å². The van der Waals surface area contributed by atoms with Crippen molar-refractivity contribution in [1.29, 1.82) is 0 Å². The van der Waals surface area contributed by atoms with E-state index in [0.717, 1.165) is 33.9 Å². The van der Waals surface area contributed by atoms with Gasteiger partial charge < -0.3 is 10.1 Å². The molecular formula is C17H18FNOS. The van der Waals surface area contributed by atoms with Crippen molar-refractivity contribution in [2.24, 2.45) is 0 Å². The molecule has 2 aromatic rings. The van der Waals surface area contributed by atoms with Gasteiger partial charge in [0.15, 0.2) is 0 Å². The number of rotatable bonds is 4. The highest BCUT2D eigenvalue weighted by molar-refractivity contribution is 7.99. The summed E-state index contributed by atoms with van der Waals surface area (Å²) in [6.07, 6.45) is 0.989. The second-order valence-electron chi connectivity index (χ2n) is 5.08. The van der Waals surface area contributed by atoms with Gasteiger partial charge in [0.05, 0.1) is 12.6 Å². The third kappa shape index (κ3) is 3.06. The van der Waals surface area contributed by atoms with Gasteiger partial charge in [0.1, 0.15) is 5.82 Å². The summed E-state index contributed by atoms with van der Waals surface area (Å²) < 4.78 is 19.2. The number of thioether (sulfide) groups is 1. The van der Waals surface area contributed by atoms with Gasteiger partial charge >= 0.3 is 0 Å². The van der Waals surface area contributed by atoms with E-state index in [-0.39, 0.29) is 11.9 Å². The number of benzene rings is 2. The van der Waals surface area contributed by atoms with Gasteiger partial charge in [-0.15, -0.1) is 11.8 Å². The number of nitrogens with one attached hydrogen (secondary N) is 1. The monoisotopic (exact) mass is 303 g/mol. The molecule has 0 saturated carbocycles. The van der Waals surface area contributed by atoms with Crippen molar-refractivity contribution in [2.75, 3.05) is 18.2 Å². The lowest BCUT2D eigenvalue weighted by Crippen LogP contribution is -2.17. The number of para-hydroxylation sites is 1. The molecule has 0 aliphatic carbocycles. The van der Waals surface area contributed by atoms with Gasteiger partial charge in [0.2, 0.25) is 0 Å². The van der Waals surface area contributed by atoms with Crippen LogP contribution in [0, 0.1) is 5.82 Å². The Labute approximate surface area is 128 Å². The van der Waals surface area contributed by atoms with E-state index in [1.807, 2.05) is 18.2 Å². The van der Waals surface area contributed by atoms with Crippen LogP contribution in [0.5, 0.6) is 0 Å². The molecule has 0 aromatic heterocycles. The highest BCUT2D eigenvalue weighted by Gasteiger charge is 2.23. The average molecular weight is 303 g/mol. The Hall–Kier alpha value is -1.52. The second-order valence-corrected chi connectivity index (χ2v) is 6.19. The maximum atomic E-state index is 13.9. The molecule has 2 nitrogen and oxygen atoms in total. The third-order valence-corrected chi connectivity index (χ3v) is 4.83. The zero-order chi connectivity index (χ0) is 14.7. The van der Waals surface area contributed by atoms with E-state index >= 15 is 0 Å². The molecular weight excluding hydrogens is 285 g/mol. The number of anilines is 1. The Kier molecular flexibility index (Phi) is 4.46. The molecule has 1 heterocycles. The van der Waals surface area contributed by atoms with Crippen molar-refractivity contribution in [3.8, 4) is 0 Å². The maximum Gasteiger partial charge on any atom is 0.137 e. The first-order valence-corrected chi connectivity index (χ1v) is 8.02. The third-order valence-electron chi connectivity index (χ3n) is 3.67. The van der Waals surface area contributed by atoms with Crippen LogP contribution in [0.15, 0.2) is 47.4 Å². The number of halogens is 1. The van der Waals surface area contributed by atoms with E-state index < -0.39 is 0 Å². The van der Waals surface area contributed by atoms with Crippen LogP contribution in [0.3, 0.4) is 0 Å². The number of hydrogen-bond donors (Lipinski definition) is 1. The summed E-state index contributed by atoms with van der Waals surface area (Å²) in [7, 11) is 1.69. The smallest absolute Gasteiger partial charge is 0.137 e. The van der Waals surface area contributed by atoms with Gasteiger partial charge in [0.25, 0.3) is 0 Å². The van der Waals surface area contributed by atoms with E-state index in [1.54, 1.807) is 24.9 Å². The van der Waals surface area contributed by atoms with E-state index in [2.05, 4.69) is 17.4 Å². The van der Waals surface area contributed by atoms with E-state index in [9.17, 15) is 4.39 Å². The Morgan fingerprint density at radius 1 is 1.24 bits per heavy atom. The Balaban J connectivity index is 1.89. The molecule has 2 aromatic carbocycles. The van der Waals surface area contributed by atoms with E-state index in [1.165, 1.54) is 6.07 Å². The molecule has 21 heavy (non-hydrogen) atoms. The van der Waals surface area contributed by atoms with Crippen molar-refractivity contribution >= 4 is 17.4 Å². The molecule has 1 aliphatic rings. The standard InChI is InChI=1S/C17H18FNOS/c1-20-11-12-5-2-3-8-15(12)19-16-9-10-21-17-13(16)6-4-7-14(17)18/h2-8,16,19H,9-11H2,1H3. The fourth-order valence-corrected chi connectivity index (χ4v) is 3.81. The van der Waals surface area contributed by atoms with Gasteiger partial charge in [-0.2, -0.15) is 0 Å². The number of methoxy groups -OCH3 is 1. The summed E-state index contributed by atoms with van der Waals surface area (Å²) in [6.45, 7) is 0.570. The van der Waals surface area contributed by atoms with Crippen LogP contribution in [-0.2, 0) is 11.3 Å². The zero-order valence-electron chi connectivity index (χ0n) is 11.9. The van der Waals surface area contributed by atoms with Crippen molar-refractivity contribution in [3.63, 3.8) is 0 Å². The normalized spacial score (nSPS) is 17.3. The summed E-state index contributed by atoms with van der Waals surface area (Å²) in [5.41, 5.74) is 3.24. The first-order chi connectivity index (χ1) is 10.3. The van der Waals surface area contributed by atoms with Gasteiger partial charge in [0, 0.05) is 29.0 Å². The van der Waals surface area contributed by atoms with Crippen LogP contribution < -0.4 is 5.32 Å². The molecule has 1 unspecified atom stereocenters. The van der Waals surface area contributed by atoms with Crippen molar-refractivity contribution in [1.82, 2.24) is 0 Å². The van der Waals surface area contributed by atoms with Crippen LogP contribution in [-0.4, -0.2) is 12.9 Å². The highest BCUT2D eigenvalue weighted by Crippen LogP contribution is 2.39. The summed E-state index contributed by atoms with van der Waals surface area (Å²) in [5, 5.41) is 3.56. The van der Waals surface area contributed by atoms with Crippen molar-refractivity contribution < 1.29 is 9.13 Å². The molecule has 110 valence electrons. The molecule has 1 atom stereocenters. The molecule has 0 radical (unpaired) electrons. The van der Waals surface area contributed by atoms with Crippen molar-refractivity contribution in [3.05, 3.63) is 59.4 Å². The Morgan fingerprint density at radius 3 is 2.95 bits per heavy atom. The summed E-state index contributed by atoms with van der Waals surface area (Å²) in [4.78, 5) is 0.783. The lowest BCUT2D eigenvalue weighted by molar-refractivity contribution is 0.185. The zero-order valence-corrected chi connectivity index (χ0v) is 12.8. The first-order valence-electron chi connectivity index (χ1n) is 7.04. The van der Waals surface area contributed by atoms with Crippen LogP contribution in [0.2, 0.25) is 0 Å². The predicted octanol–water partition coefficient (Wildman–Crippen LogP) is 4.62. The quantitative estimate of drug-likeness (QED) is 0.890. The molecule has 0 fully saturated rings. The summed E-state index contributed by atoms with van der Waals surface area (Å²) in [6, 6.07) is 13.6. The van der Waals surface area contributed by atoms with Crippen LogP contribution in [0.25, 0.3) is 0 Å². The highest BCUT2D eigenvalue weighted by atomic mass is 32.2. The lowest BCUT2D eigenvalue weighted by atomic mass is 10.0. The molecule has 1 N–H and O–H groups in total. The fraction of sp³-hybridized carbons (Fsp3) is 0.294. The molecule has 1 aliphatic heterocycles. The van der Waals surface area contributed by atoms with Gasteiger partial charge in [-0.05, 0) is 24.1 Å². The molecule has 3 rings (SSSR count). The minimum absolute atomic E-state index is 0.117. The summed E-state index contributed by atoms with van der Waals surface area (Å²) in [5.74, 6) is 0.812. The van der Waals surface area contributed by atoms with Crippen LogP contribution >= 0.6 is 11.8 Å². The SMILES string of the molecule is COCc1ccccc1NC1CCSc2c(F)cccc21. The lowest BCUT2D eigenvalue weighted by Gasteiger charge is -2.28. The van der Waals surface area contributed by atoms with Crippen molar-refractivity contribution in [2.45, 2.75) is 24.0 Å². The van der Waals surface area contributed by atoms with Gasteiger partial charge in [-0.3, -0.25) is 0 Å². The number of ether oxygens (including phenoxy) is 1. The molecule has 0 saturated heterocycles. The topological polar surface area (TPSA) is 21.3 Å². The average Bonchev–Trinajstić information content (AvgIpc) is 2.51. The van der Waals surface area contributed by atoms with Crippen LogP contribution in [0.1, 0.15) is 23.6 Å². The second kappa shape index (κ2) is 6.50. The first kappa shape index (κ1) is 14.4. The van der Waals surface area contributed by atoms with E-state index in [4.69, 9.17) is 4.74 Å². The van der Waals surface area contributed by atoms with Gasteiger partial charge in [-0.1, -0.05) is 30.3 Å². The predicted molar refractivity (Wildman–Crippen MR) is 85.3 cm³/mol. The Bertz CT molecular complexity index is 632. The molecule has 0 amide bonds. The molecule has 0 spiro atoms. The Morgan fingerprint density at radius 2 is 2.10 bits per heavy atom. The minimum atomic E-state index is -0.117. The molecule has 4 heteroatoms. The van der Waals surface area contributed by atoms with E-state index in [0.29, 0.717) is 6.61 Å². The minimum Gasteiger partial charge on any atom is -0.380 e. The largest absolute Gasteiger partial charge is 0.380 e. The number of fused-ring (bicyclic) bond motifs is 1. The maximum absolute atomic E-state index is 13.9. The molecule has 0 bridgehead atoms. The number of hydrogen-bond acceptors (Lipinski definition) is 3. The fourth-order valence-electron chi connectivity index (χ4n) is 2.67.